The number of ether oxygens (including phenoxy) is 1. The fraction of sp³-hybridized carbons (Fsp3) is 1.00. The van der Waals surface area contributed by atoms with Crippen LogP contribution in [-0.4, -0.2) is 25.3 Å². The first-order valence-electron chi connectivity index (χ1n) is 5.95. The normalized spacial score (nSPS) is 23.8. The molecule has 1 saturated heterocycles. The second kappa shape index (κ2) is 5.72. The molecule has 2 unspecified atom stereocenters. The molecule has 14 heavy (non-hydrogen) atoms. The topological polar surface area (TPSA) is 21.3 Å². The second-order valence-corrected chi connectivity index (χ2v) is 4.92. The van der Waals surface area contributed by atoms with Crippen LogP contribution < -0.4 is 5.32 Å². The summed E-state index contributed by atoms with van der Waals surface area (Å²) in [6.45, 7) is 11.0. The van der Waals surface area contributed by atoms with E-state index in [9.17, 15) is 0 Å². The molecule has 0 aromatic carbocycles. The molecule has 0 amide bonds. The monoisotopic (exact) mass is 199 g/mol. The average molecular weight is 199 g/mol. The summed E-state index contributed by atoms with van der Waals surface area (Å²) < 4.78 is 5.39. The van der Waals surface area contributed by atoms with Gasteiger partial charge in [0.2, 0.25) is 0 Å². The minimum absolute atomic E-state index is 0.590. The summed E-state index contributed by atoms with van der Waals surface area (Å²) in [4.78, 5) is 0. The second-order valence-electron chi connectivity index (χ2n) is 4.92. The van der Waals surface area contributed by atoms with Crippen LogP contribution >= 0.6 is 0 Å². The van der Waals surface area contributed by atoms with Crippen molar-refractivity contribution >= 4 is 0 Å². The zero-order valence-corrected chi connectivity index (χ0v) is 10.0. The Morgan fingerprint density at radius 2 is 1.64 bits per heavy atom. The van der Waals surface area contributed by atoms with E-state index in [0.717, 1.165) is 25.0 Å². The van der Waals surface area contributed by atoms with E-state index < -0.39 is 0 Å². The Morgan fingerprint density at radius 3 is 2.14 bits per heavy atom. The Labute approximate surface area is 88.4 Å². The van der Waals surface area contributed by atoms with E-state index in [4.69, 9.17) is 4.74 Å². The van der Waals surface area contributed by atoms with Gasteiger partial charge in [0.15, 0.2) is 0 Å². The molecule has 0 aromatic rings. The molecule has 0 radical (unpaired) electrons. The molecule has 1 heterocycles. The summed E-state index contributed by atoms with van der Waals surface area (Å²) in [5.41, 5.74) is 0. The van der Waals surface area contributed by atoms with Crippen molar-refractivity contribution in [2.24, 2.45) is 11.8 Å². The zero-order chi connectivity index (χ0) is 10.6. The van der Waals surface area contributed by atoms with Gasteiger partial charge in [-0.1, -0.05) is 20.8 Å². The molecule has 1 rings (SSSR count). The molecular formula is C12H25NO. The summed E-state index contributed by atoms with van der Waals surface area (Å²) in [6, 6.07) is 1.21. The lowest BCUT2D eigenvalue weighted by molar-refractivity contribution is 0.0431. The molecule has 0 aromatic heterocycles. The highest BCUT2D eigenvalue weighted by Gasteiger charge is 2.24. The van der Waals surface area contributed by atoms with Crippen LogP contribution in [0.1, 0.15) is 40.5 Å². The van der Waals surface area contributed by atoms with Crippen molar-refractivity contribution in [3.63, 3.8) is 0 Å². The number of hydrogen-bond donors (Lipinski definition) is 1. The number of nitrogens with one attached hydrogen (secondary N) is 1. The highest BCUT2D eigenvalue weighted by Crippen LogP contribution is 2.25. The van der Waals surface area contributed by atoms with Crippen molar-refractivity contribution in [3.8, 4) is 0 Å². The van der Waals surface area contributed by atoms with Crippen LogP contribution in [-0.2, 0) is 4.74 Å². The highest BCUT2D eigenvalue weighted by molar-refractivity contribution is 4.78. The van der Waals surface area contributed by atoms with E-state index in [1.807, 2.05) is 0 Å². The lowest BCUT2D eigenvalue weighted by atomic mass is 9.83. The zero-order valence-electron chi connectivity index (χ0n) is 10.0. The van der Waals surface area contributed by atoms with Gasteiger partial charge in [-0.3, -0.25) is 0 Å². The van der Waals surface area contributed by atoms with E-state index in [1.54, 1.807) is 0 Å². The van der Waals surface area contributed by atoms with Gasteiger partial charge in [0.1, 0.15) is 0 Å². The first-order chi connectivity index (χ1) is 6.61. The molecule has 84 valence electrons. The quantitative estimate of drug-likeness (QED) is 0.751. The third-order valence-electron chi connectivity index (χ3n) is 3.39. The Morgan fingerprint density at radius 1 is 1.07 bits per heavy atom. The van der Waals surface area contributed by atoms with Gasteiger partial charge in [-0.2, -0.15) is 0 Å². The van der Waals surface area contributed by atoms with Gasteiger partial charge in [0, 0.05) is 25.3 Å². The Balaban J connectivity index is 2.33. The minimum Gasteiger partial charge on any atom is -0.381 e. The maximum atomic E-state index is 5.39. The van der Waals surface area contributed by atoms with Crippen molar-refractivity contribution in [1.29, 1.82) is 0 Å². The van der Waals surface area contributed by atoms with Crippen molar-refractivity contribution in [2.45, 2.75) is 52.6 Å². The van der Waals surface area contributed by atoms with Crippen LogP contribution in [0.4, 0.5) is 0 Å². The molecular weight excluding hydrogens is 174 g/mol. The van der Waals surface area contributed by atoms with Gasteiger partial charge in [-0.05, 0) is 31.6 Å². The van der Waals surface area contributed by atoms with E-state index in [2.05, 4.69) is 33.0 Å². The Hall–Kier alpha value is -0.0800. The minimum atomic E-state index is 0.590. The highest BCUT2D eigenvalue weighted by atomic mass is 16.5. The van der Waals surface area contributed by atoms with Crippen molar-refractivity contribution < 1.29 is 4.74 Å². The first kappa shape index (κ1) is 12.0. The summed E-state index contributed by atoms with van der Waals surface area (Å²) in [5, 5.41) is 3.60. The molecule has 2 atom stereocenters. The van der Waals surface area contributed by atoms with Crippen molar-refractivity contribution in [1.82, 2.24) is 5.32 Å². The lowest BCUT2D eigenvalue weighted by Crippen LogP contribution is -2.41. The smallest absolute Gasteiger partial charge is 0.0468 e. The molecule has 1 N–H and O–H groups in total. The van der Waals surface area contributed by atoms with Crippen LogP contribution in [0.2, 0.25) is 0 Å². The molecule has 2 nitrogen and oxygen atoms in total. The standard InChI is InChI=1S/C12H25NO/c1-9(2)13-11(4)10(3)12-5-7-14-8-6-12/h9-13H,5-8H2,1-4H3. The van der Waals surface area contributed by atoms with E-state index in [0.29, 0.717) is 12.1 Å². The maximum absolute atomic E-state index is 5.39. The molecule has 2 heteroatoms. The largest absolute Gasteiger partial charge is 0.381 e. The summed E-state index contributed by atoms with van der Waals surface area (Å²) in [5.74, 6) is 1.62. The van der Waals surface area contributed by atoms with Crippen LogP contribution in [0.25, 0.3) is 0 Å². The lowest BCUT2D eigenvalue weighted by Gasteiger charge is -2.33. The van der Waals surface area contributed by atoms with Gasteiger partial charge in [-0.15, -0.1) is 0 Å². The van der Waals surface area contributed by atoms with Crippen molar-refractivity contribution in [2.75, 3.05) is 13.2 Å². The van der Waals surface area contributed by atoms with Gasteiger partial charge in [-0.25, -0.2) is 0 Å². The summed E-state index contributed by atoms with van der Waals surface area (Å²) in [7, 11) is 0. The molecule has 0 aliphatic carbocycles. The van der Waals surface area contributed by atoms with E-state index in [1.165, 1.54) is 12.8 Å². The van der Waals surface area contributed by atoms with Gasteiger partial charge in [0.05, 0.1) is 0 Å². The van der Waals surface area contributed by atoms with Crippen LogP contribution in [0.3, 0.4) is 0 Å². The predicted octanol–water partition coefficient (Wildman–Crippen LogP) is 2.44. The molecule has 1 aliphatic heterocycles. The van der Waals surface area contributed by atoms with Crippen molar-refractivity contribution in [3.05, 3.63) is 0 Å². The van der Waals surface area contributed by atoms with Crippen LogP contribution in [0, 0.1) is 11.8 Å². The fourth-order valence-electron chi connectivity index (χ4n) is 2.33. The fourth-order valence-corrected chi connectivity index (χ4v) is 2.33. The molecule has 1 fully saturated rings. The average Bonchev–Trinajstić information content (AvgIpc) is 2.17. The Kier molecular flexibility index (Phi) is 4.90. The SMILES string of the molecule is CC(C)NC(C)C(C)C1CCOCC1. The van der Waals surface area contributed by atoms with E-state index in [-0.39, 0.29) is 0 Å². The molecule has 0 bridgehead atoms. The first-order valence-corrected chi connectivity index (χ1v) is 5.95. The van der Waals surface area contributed by atoms with Crippen LogP contribution in [0.15, 0.2) is 0 Å². The van der Waals surface area contributed by atoms with Gasteiger partial charge < -0.3 is 10.1 Å². The predicted molar refractivity (Wildman–Crippen MR) is 60.4 cm³/mol. The number of hydrogen-bond acceptors (Lipinski definition) is 2. The third-order valence-corrected chi connectivity index (χ3v) is 3.39. The molecule has 1 aliphatic rings. The van der Waals surface area contributed by atoms with Gasteiger partial charge >= 0.3 is 0 Å². The van der Waals surface area contributed by atoms with Gasteiger partial charge in [0.25, 0.3) is 0 Å². The number of rotatable bonds is 4. The molecule has 0 spiro atoms. The van der Waals surface area contributed by atoms with Crippen LogP contribution in [0.5, 0.6) is 0 Å². The molecule has 0 saturated carbocycles. The Bertz CT molecular complexity index is 152. The van der Waals surface area contributed by atoms with E-state index >= 15 is 0 Å². The summed E-state index contributed by atoms with van der Waals surface area (Å²) in [6.07, 6.45) is 2.48. The third kappa shape index (κ3) is 3.58. The maximum Gasteiger partial charge on any atom is 0.0468 e. The summed E-state index contributed by atoms with van der Waals surface area (Å²) >= 11 is 0.